The summed E-state index contributed by atoms with van der Waals surface area (Å²) in [5, 5.41) is 0. The van der Waals surface area contributed by atoms with Crippen molar-refractivity contribution >= 4 is 33.8 Å². The second-order valence-electron chi connectivity index (χ2n) is 9.28. The van der Waals surface area contributed by atoms with E-state index in [1.807, 2.05) is 5.70 Å². The van der Waals surface area contributed by atoms with Gasteiger partial charge in [0.05, 0.1) is 0 Å². The molecule has 25 heavy (non-hydrogen) atoms. The third-order valence-electron chi connectivity index (χ3n) is 3.97. The number of hydrogen-bond acceptors (Lipinski definition) is 3. The highest BCUT2D eigenvalue weighted by Crippen LogP contribution is 2.28. The Labute approximate surface area is 162 Å². The molecule has 0 saturated carbocycles. The van der Waals surface area contributed by atoms with Crippen molar-refractivity contribution in [2.24, 2.45) is 0 Å². The monoisotopic (exact) mass is 420 g/mol. The third kappa shape index (κ3) is 13.3. The maximum Gasteiger partial charge on any atom is 0.316 e. The second-order valence-corrected chi connectivity index (χ2v) is 25.1. The van der Waals surface area contributed by atoms with Gasteiger partial charge in [-0.25, -0.2) is 0 Å². The normalized spacial score (nSPS) is 15.9. The molecule has 7 heteroatoms. The van der Waals surface area contributed by atoms with Crippen LogP contribution in [0.1, 0.15) is 45.4 Å². The zero-order chi connectivity index (χ0) is 19.8. The van der Waals surface area contributed by atoms with Gasteiger partial charge in [0.2, 0.25) is 0 Å². The molecule has 0 aliphatic heterocycles. The van der Waals surface area contributed by atoms with Crippen molar-refractivity contribution < 1.29 is 12.3 Å². The molecular formula is C18H44O3Si4. The molecule has 0 aliphatic rings. The average molecular weight is 421 g/mol. The standard InChI is InChI=1S/C18H44O3Si4/c1-11-13-14-15-16-17-18-25(10,20-23(6,7)12-2)21-24(8,9)19-22(3,4)5/h12H,2,11,13-18H2,1,3-10H3. The van der Waals surface area contributed by atoms with E-state index in [0.29, 0.717) is 0 Å². The fourth-order valence-electron chi connectivity index (χ4n) is 3.23. The smallest absolute Gasteiger partial charge is 0.316 e. The summed E-state index contributed by atoms with van der Waals surface area (Å²) in [6.07, 6.45) is 7.80. The van der Waals surface area contributed by atoms with Gasteiger partial charge in [-0.1, -0.05) is 51.1 Å². The molecule has 1 atom stereocenters. The first kappa shape index (κ1) is 25.5. The van der Waals surface area contributed by atoms with Crippen molar-refractivity contribution in [2.45, 2.75) is 104 Å². The minimum Gasteiger partial charge on any atom is -0.437 e. The van der Waals surface area contributed by atoms with Crippen LogP contribution in [0.2, 0.25) is 58.4 Å². The summed E-state index contributed by atoms with van der Waals surface area (Å²) < 4.78 is 19.8. The Hall–Kier alpha value is 0.488. The summed E-state index contributed by atoms with van der Waals surface area (Å²) in [6.45, 7) is 24.0. The molecule has 1 unspecified atom stereocenters. The highest BCUT2D eigenvalue weighted by atomic mass is 28.5. The molecule has 0 aromatic heterocycles. The molecule has 0 aromatic carbocycles. The first-order valence-corrected chi connectivity index (χ1v) is 21.7. The molecule has 0 radical (unpaired) electrons. The van der Waals surface area contributed by atoms with Gasteiger partial charge in [0.1, 0.15) is 0 Å². The summed E-state index contributed by atoms with van der Waals surface area (Å²) in [5.74, 6) is 0. The molecule has 0 saturated heterocycles. The molecule has 0 spiro atoms. The van der Waals surface area contributed by atoms with Crippen LogP contribution in [0.25, 0.3) is 0 Å². The molecule has 150 valence electrons. The fraction of sp³-hybridized carbons (Fsp3) is 0.889. The first-order valence-electron chi connectivity index (χ1n) is 9.98. The van der Waals surface area contributed by atoms with Crippen LogP contribution in [0.4, 0.5) is 0 Å². The third-order valence-corrected chi connectivity index (χ3v) is 18.2. The number of hydrogen-bond donors (Lipinski definition) is 0. The van der Waals surface area contributed by atoms with Crippen molar-refractivity contribution in [3.05, 3.63) is 12.3 Å². The molecule has 0 heterocycles. The maximum absolute atomic E-state index is 6.72. The van der Waals surface area contributed by atoms with E-state index in [9.17, 15) is 0 Å². The van der Waals surface area contributed by atoms with Gasteiger partial charge in [0, 0.05) is 0 Å². The van der Waals surface area contributed by atoms with Crippen LogP contribution in [-0.4, -0.2) is 33.8 Å². The second kappa shape index (κ2) is 10.7. The summed E-state index contributed by atoms with van der Waals surface area (Å²) in [5.41, 5.74) is 2.02. The van der Waals surface area contributed by atoms with Crippen molar-refractivity contribution in [1.82, 2.24) is 0 Å². The summed E-state index contributed by atoms with van der Waals surface area (Å²) in [6, 6.07) is 1.06. The van der Waals surface area contributed by atoms with Crippen LogP contribution in [0.15, 0.2) is 12.3 Å². The Morgan fingerprint density at radius 3 is 1.72 bits per heavy atom. The number of rotatable bonds is 14. The predicted molar refractivity (Wildman–Crippen MR) is 122 cm³/mol. The Bertz CT molecular complexity index is 394. The molecule has 0 aliphatic carbocycles. The van der Waals surface area contributed by atoms with Gasteiger partial charge in [-0.15, -0.1) is 6.58 Å². The van der Waals surface area contributed by atoms with E-state index in [4.69, 9.17) is 12.3 Å². The van der Waals surface area contributed by atoms with Crippen molar-refractivity contribution in [2.75, 3.05) is 0 Å². The van der Waals surface area contributed by atoms with Gasteiger partial charge in [-0.2, -0.15) is 0 Å². The summed E-state index contributed by atoms with van der Waals surface area (Å²) >= 11 is 0. The molecule has 0 bridgehead atoms. The zero-order valence-corrected chi connectivity index (χ0v) is 22.5. The zero-order valence-electron chi connectivity index (χ0n) is 18.5. The van der Waals surface area contributed by atoms with Crippen molar-refractivity contribution in [3.63, 3.8) is 0 Å². The van der Waals surface area contributed by atoms with E-state index < -0.39 is 33.8 Å². The molecule has 0 aromatic rings. The van der Waals surface area contributed by atoms with Crippen molar-refractivity contribution in [1.29, 1.82) is 0 Å². The van der Waals surface area contributed by atoms with Gasteiger partial charge < -0.3 is 12.3 Å². The highest BCUT2D eigenvalue weighted by molar-refractivity contribution is 6.90. The van der Waals surface area contributed by atoms with E-state index in [0.717, 1.165) is 6.04 Å². The predicted octanol–water partition coefficient (Wildman–Crippen LogP) is 6.94. The molecule has 0 rings (SSSR count). The van der Waals surface area contributed by atoms with Crippen molar-refractivity contribution in [3.8, 4) is 0 Å². The van der Waals surface area contributed by atoms with E-state index >= 15 is 0 Å². The van der Waals surface area contributed by atoms with Gasteiger partial charge in [-0.05, 0) is 58.4 Å². The molecule has 3 nitrogen and oxygen atoms in total. The quantitative estimate of drug-likeness (QED) is 0.225. The van der Waals surface area contributed by atoms with Crippen LogP contribution >= 0.6 is 0 Å². The van der Waals surface area contributed by atoms with Crippen LogP contribution in [0.5, 0.6) is 0 Å². The van der Waals surface area contributed by atoms with Crippen LogP contribution < -0.4 is 0 Å². The summed E-state index contributed by atoms with van der Waals surface area (Å²) in [4.78, 5) is 0. The highest BCUT2D eigenvalue weighted by Gasteiger charge is 2.44. The lowest BCUT2D eigenvalue weighted by Crippen LogP contribution is -2.57. The lowest BCUT2D eigenvalue weighted by molar-refractivity contribution is 0.323. The Kier molecular flexibility index (Phi) is 10.9. The minimum atomic E-state index is -2.26. The van der Waals surface area contributed by atoms with Gasteiger partial charge in [0.15, 0.2) is 16.6 Å². The summed E-state index contributed by atoms with van der Waals surface area (Å²) in [7, 11) is -7.93. The van der Waals surface area contributed by atoms with E-state index in [1.165, 1.54) is 38.5 Å². The van der Waals surface area contributed by atoms with Crippen LogP contribution in [-0.2, 0) is 12.3 Å². The Balaban J connectivity index is 4.92. The molecule has 0 amide bonds. The largest absolute Gasteiger partial charge is 0.437 e. The van der Waals surface area contributed by atoms with E-state index in [2.05, 4.69) is 65.9 Å². The van der Waals surface area contributed by atoms with Gasteiger partial charge in [0.25, 0.3) is 0 Å². The lowest BCUT2D eigenvalue weighted by Gasteiger charge is -2.41. The fourth-order valence-corrected chi connectivity index (χ4v) is 20.9. The average Bonchev–Trinajstić information content (AvgIpc) is 2.38. The molecule has 0 fully saturated rings. The Morgan fingerprint density at radius 2 is 1.24 bits per heavy atom. The lowest BCUT2D eigenvalue weighted by atomic mass is 10.1. The van der Waals surface area contributed by atoms with E-state index in [1.54, 1.807) is 0 Å². The number of unbranched alkanes of at least 4 members (excludes halogenated alkanes) is 5. The molecular weight excluding hydrogens is 377 g/mol. The SMILES string of the molecule is C=C[Si](C)(C)O[Si](C)(CCCCCCCC)O[Si](C)(C)O[Si](C)(C)C. The van der Waals surface area contributed by atoms with Gasteiger partial charge >= 0.3 is 17.1 Å². The van der Waals surface area contributed by atoms with E-state index in [-0.39, 0.29) is 0 Å². The maximum atomic E-state index is 6.72. The van der Waals surface area contributed by atoms with Crippen LogP contribution in [0, 0.1) is 0 Å². The Morgan fingerprint density at radius 1 is 0.720 bits per heavy atom. The van der Waals surface area contributed by atoms with Crippen LogP contribution in [0.3, 0.4) is 0 Å². The van der Waals surface area contributed by atoms with Gasteiger partial charge in [-0.3, -0.25) is 0 Å². The topological polar surface area (TPSA) is 27.7 Å². The first-order chi connectivity index (χ1) is 11.2. The molecule has 0 N–H and O–H groups in total. The minimum absolute atomic E-state index is 1.06.